The molecule has 1 saturated heterocycles. The van der Waals surface area contributed by atoms with Crippen molar-refractivity contribution in [2.24, 2.45) is 11.1 Å². The first-order valence-corrected chi connectivity index (χ1v) is 6.83. The van der Waals surface area contributed by atoms with Gasteiger partial charge in [0.2, 0.25) is 11.8 Å². The van der Waals surface area contributed by atoms with Gasteiger partial charge in [0.05, 0.1) is 29.2 Å². The maximum atomic E-state index is 12.5. The van der Waals surface area contributed by atoms with Crippen molar-refractivity contribution in [2.75, 3.05) is 13.1 Å². The Balaban J connectivity index is 1.68. The second kappa shape index (κ2) is 4.59. The van der Waals surface area contributed by atoms with Gasteiger partial charge in [0.1, 0.15) is 0 Å². The standard InChI is InChI=1S/C13H19N5O2/c1-13(12(14)20)2-3-18(6-13)11(19)9-4-8-10(5-15-9)17-7-16-8/h7,9,15H,2-6H2,1H3,(H2,14,20)(H,16,17). The van der Waals surface area contributed by atoms with Gasteiger partial charge >= 0.3 is 0 Å². The third kappa shape index (κ3) is 2.07. The highest BCUT2D eigenvalue weighted by atomic mass is 16.2. The number of imidazole rings is 1. The number of nitrogens with one attached hydrogen (secondary N) is 2. The van der Waals surface area contributed by atoms with Crippen LogP contribution < -0.4 is 11.1 Å². The van der Waals surface area contributed by atoms with Crippen molar-refractivity contribution in [3.63, 3.8) is 0 Å². The summed E-state index contributed by atoms with van der Waals surface area (Å²) in [6.07, 6.45) is 2.87. The fourth-order valence-electron chi connectivity index (χ4n) is 2.91. The Bertz CT molecular complexity index is 555. The van der Waals surface area contributed by atoms with Gasteiger partial charge in [-0.3, -0.25) is 14.9 Å². The molecule has 2 aliphatic heterocycles. The molecule has 3 rings (SSSR count). The smallest absolute Gasteiger partial charge is 0.240 e. The van der Waals surface area contributed by atoms with Crippen molar-refractivity contribution in [3.8, 4) is 0 Å². The Morgan fingerprint density at radius 3 is 3.05 bits per heavy atom. The minimum atomic E-state index is -0.595. The number of carbonyl (C=O) groups is 2. The predicted molar refractivity (Wildman–Crippen MR) is 71.4 cm³/mol. The summed E-state index contributed by atoms with van der Waals surface area (Å²) in [6, 6.07) is -0.263. The van der Waals surface area contributed by atoms with Crippen LogP contribution in [0.3, 0.4) is 0 Å². The molecular formula is C13H19N5O2. The molecule has 2 aliphatic rings. The zero-order valence-corrected chi connectivity index (χ0v) is 11.5. The molecule has 1 aromatic heterocycles. The molecule has 0 saturated carbocycles. The number of nitrogens with zero attached hydrogens (tertiary/aromatic N) is 2. The Morgan fingerprint density at radius 2 is 2.35 bits per heavy atom. The SMILES string of the molecule is CC1(C(N)=O)CCN(C(=O)C2Cc3nc[nH]c3CN2)C1. The van der Waals surface area contributed by atoms with Crippen LogP contribution >= 0.6 is 0 Å². The zero-order chi connectivity index (χ0) is 14.3. The van der Waals surface area contributed by atoms with Crippen molar-refractivity contribution in [3.05, 3.63) is 17.7 Å². The number of aromatic nitrogens is 2. The Kier molecular flexibility index (Phi) is 3.01. The van der Waals surface area contributed by atoms with Crippen LogP contribution in [0.2, 0.25) is 0 Å². The highest BCUT2D eigenvalue weighted by Crippen LogP contribution is 2.30. The predicted octanol–water partition coefficient (Wildman–Crippen LogP) is -0.852. The molecule has 0 aromatic carbocycles. The summed E-state index contributed by atoms with van der Waals surface area (Å²) in [5.74, 6) is -0.303. The van der Waals surface area contributed by atoms with Crippen LogP contribution in [-0.2, 0) is 22.6 Å². The number of hydrogen-bond donors (Lipinski definition) is 3. The van der Waals surface area contributed by atoms with Gasteiger partial charge in [0.25, 0.3) is 0 Å². The monoisotopic (exact) mass is 277 g/mol. The van der Waals surface area contributed by atoms with E-state index in [2.05, 4.69) is 15.3 Å². The number of fused-ring (bicyclic) bond motifs is 1. The first kappa shape index (κ1) is 13.1. The summed E-state index contributed by atoms with van der Waals surface area (Å²) in [6.45, 7) is 3.44. The first-order chi connectivity index (χ1) is 9.49. The van der Waals surface area contributed by atoms with E-state index in [1.807, 2.05) is 6.92 Å². The normalized spacial score (nSPS) is 29.2. The van der Waals surface area contributed by atoms with Gasteiger partial charge in [0, 0.05) is 26.1 Å². The number of likely N-dealkylation sites (tertiary alicyclic amines) is 1. The lowest BCUT2D eigenvalue weighted by atomic mass is 9.89. The molecule has 4 N–H and O–H groups in total. The Hall–Kier alpha value is -1.89. The number of primary amides is 1. The van der Waals surface area contributed by atoms with E-state index in [9.17, 15) is 9.59 Å². The number of carbonyl (C=O) groups excluding carboxylic acids is 2. The van der Waals surface area contributed by atoms with E-state index >= 15 is 0 Å². The van der Waals surface area contributed by atoms with E-state index in [1.165, 1.54) is 0 Å². The maximum absolute atomic E-state index is 12.5. The van der Waals surface area contributed by atoms with Crippen LogP contribution in [0.25, 0.3) is 0 Å². The van der Waals surface area contributed by atoms with Crippen LogP contribution in [0.1, 0.15) is 24.7 Å². The quantitative estimate of drug-likeness (QED) is 0.655. The number of rotatable bonds is 2. The Labute approximate surface area is 116 Å². The molecule has 20 heavy (non-hydrogen) atoms. The van der Waals surface area contributed by atoms with Crippen LogP contribution in [0, 0.1) is 5.41 Å². The van der Waals surface area contributed by atoms with E-state index in [-0.39, 0.29) is 17.9 Å². The fraction of sp³-hybridized carbons (Fsp3) is 0.615. The number of nitrogens with two attached hydrogens (primary N) is 1. The maximum Gasteiger partial charge on any atom is 0.240 e. The van der Waals surface area contributed by atoms with Gasteiger partial charge < -0.3 is 15.6 Å². The van der Waals surface area contributed by atoms with E-state index in [0.29, 0.717) is 32.5 Å². The average Bonchev–Trinajstić information content (AvgIpc) is 3.04. The summed E-state index contributed by atoms with van der Waals surface area (Å²) in [4.78, 5) is 33.0. The second-order valence-corrected chi connectivity index (χ2v) is 5.90. The zero-order valence-electron chi connectivity index (χ0n) is 11.5. The number of H-pyrrole nitrogens is 1. The lowest BCUT2D eigenvalue weighted by molar-refractivity contribution is -0.133. The van der Waals surface area contributed by atoms with Crippen molar-refractivity contribution >= 4 is 11.8 Å². The topological polar surface area (TPSA) is 104 Å². The molecule has 2 atom stereocenters. The number of hydrogen-bond acceptors (Lipinski definition) is 4. The lowest BCUT2D eigenvalue weighted by Crippen LogP contribution is -2.49. The summed E-state index contributed by atoms with van der Waals surface area (Å²) >= 11 is 0. The largest absolute Gasteiger partial charge is 0.369 e. The second-order valence-electron chi connectivity index (χ2n) is 5.90. The summed E-state index contributed by atoms with van der Waals surface area (Å²) < 4.78 is 0. The van der Waals surface area contributed by atoms with E-state index < -0.39 is 5.41 Å². The van der Waals surface area contributed by atoms with Gasteiger partial charge in [-0.15, -0.1) is 0 Å². The molecule has 0 bridgehead atoms. The average molecular weight is 277 g/mol. The van der Waals surface area contributed by atoms with E-state index in [4.69, 9.17) is 5.73 Å². The van der Waals surface area contributed by atoms with Crippen molar-refractivity contribution < 1.29 is 9.59 Å². The minimum Gasteiger partial charge on any atom is -0.369 e. The van der Waals surface area contributed by atoms with E-state index in [1.54, 1.807) is 11.2 Å². The molecule has 0 aliphatic carbocycles. The third-order valence-electron chi connectivity index (χ3n) is 4.41. The van der Waals surface area contributed by atoms with Crippen molar-refractivity contribution in [2.45, 2.75) is 32.4 Å². The molecule has 7 heteroatoms. The van der Waals surface area contributed by atoms with Crippen LogP contribution in [0.5, 0.6) is 0 Å². The summed E-state index contributed by atoms with van der Waals surface area (Å²) in [5.41, 5.74) is 6.80. The highest BCUT2D eigenvalue weighted by molar-refractivity contribution is 5.86. The molecule has 0 spiro atoms. The van der Waals surface area contributed by atoms with Crippen LogP contribution in [0.15, 0.2) is 6.33 Å². The molecule has 2 unspecified atom stereocenters. The Morgan fingerprint density at radius 1 is 1.55 bits per heavy atom. The van der Waals surface area contributed by atoms with Crippen LogP contribution in [0.4, 0.5) is 0 Å². The number of amides is 2. The molecule has 7 nitrogen and oxygen atoms in total. The van der Waals surface area contributed by atoms with Crippen molar-refractivity contribution in [1.82, 2.24) is 20.2 Å². The fourth-order valence-corrected chi connectivity index (χ4v) is 2.91. The van der Waals surface area contributed by atoms with Gasteiger partial charge in [-0.1, -0.05) is 0 Å². The first-order valence-electron chi connectivity index (χ1n) is 6.83. The molecule has 1 aromatic rings. The summed E-state index contributed by atoms with van der Waals surface area (Å²) in [7, 11) is 0. The van der Waals surface area contributed by atoms with Gasteiger partial charge in [-0.05, 0) is 13.3 Å². The molecule has 0 radical (unpaired) electrons. The van der Waals surface area contributed by atoms with Gasteiger partial charge in [-0.25, -0.2) is 4.98 Å². The molecule has 1 fully saturated rings. The lowest BCUT2D eigenvalue weighted by Gasteiger charge is -2.28. The van der Waals surface area contributed by atoms with Gasteiger partial charge in [-0.2, -0.15) is 0 Å². The molecule has 108 valence electrons. The minimum absolute atomic E-state index is 0.0311. The van der Waals surface area contributed by atoms with Crippen molar-refractivity contribution in [1.29, 1.82) is 0 Å². The third-order valence-corrected chi connectivity index (χ3v) is 4.41. The highest BCUT2D eigenvalue weighted by Gasteiger charge is 2.42. The van der Waals surface area contributed by atoms with Crippen LogP contribution in [-0.4, -0.2) is 45.8 Å². The summed E-state index contributed by atoms with van der Waals surface area (Å²) in [5, 5.41) is 3.22. The number of aromatic amines is 1. The molecule has 2 amide bonds. The van der Waals surface area contributed by atoms with E-state index in [0.717, 1.165) is 11.4 Å². The molecule has 3 heterocycles. The molecular weight excluding hydrogens is 258 g/mol. The van der Waals surface area contributed by atoms with Gasteiger partial charge in [0.15, 0.2) is 0 Å².